The summed E-state index contributed by atoms with van der Waals surface area (Å²) in [7, 11) is 0. The fourth-order valence-corrected chi connectivity index (χ4v) is 2.47. The number of benzene rings is 1. The van der Waals surface area contributed by atoms with Gasteiger partial charge in [0.15, 0.2) is 0 Å². The monoisotopic (exact) mass is 228 g/mol. The highest BCUT2D eigenvalue weighted by atomic mass is 16.4. The van der Waals surface area contributed by atoms with Gasteiger partial charge in [-0.25, -0.2) is 0 Å². The Morgan fingerprint density at radius 2 is 2.12 bits per heavy atom. The lowest BCUT2D eigenvalue weighted by Gasteiger charge is -2.33. The van der Waals surface area contributed by atoms with Crippen molar-refractivity contribution in [3.05, 3.63) is 35.4 Å². The van der Waals surface area contributed by atoms with Crippen LogP contribution < -0.4 is 0 Å². The average molecular weight is 228 g/mol. The number of carboxylic acid groups (broad SMARTS) is 1. The van der Waals surface area contributed by atoms with Crippen molar-refractivity contribution in [1.29, 1.82) is 0 Å². The summed E-state index contributed by atoms with van der Waals surface area (Å²) in [5.41, 5.74) is 1.77. The summed E-state index contributed by atoms with van der Waals surface area (Å²) in [6.07, 6.45) is 2.59. The molecular weight excluding hydrogens is 212 g/mol. The Kier molecular flexibility index (Phi) is 3.19. The average Bonchev–Trinajstić information content (AvgIpc) is 2.36. The van der Waals surface area contributed by atoms with E-state index in [0.717, 1.165) is 6.42 Å². The van der Waals surface area contributed by atoms with Crippen molar-refractivity contribution in [1.82, 2.24) is 0 Å². The molecule has 2 nitrogen and oxygen atoms in total. The van der Waals surface area contributed by atoms with Gasteiger partial charge in [-0.3, -0.25) is 4.79 Å². The summed E-state index contributed by atoms with van der Waals surface area (Å²) in [6.45, 7) is 1.76. The van der Waals surface area contributed by atoms with Gasteiger partial charge >= 0.3 is 5.97 Å². The maximum absolute atomic E-state index is 11.5. The molecule has 1 atom stereocenters. The topological polar surface area (TPSA) is 37.3 Å². The minimum Gasteiger partial charge on any atom is -0.481 e. The molecule has 17 heavy (non-hydrogen) atoms. The van der Waals surface area contributed by atoms with Crippen LogP contribution in [0.25, 0.3) is 0 Å². The van der Waals surface area contributed by atoms with Crippen molar-refractivity contribution < 1.29 is 9.90 Å². The largest absolute Gasteiger partial charge is 0.481 e. The minimum absolute atomic E-state index is 0.452. The summed E-state index contributed by atoms with van der Waals surface area (Å²) in [4.78, 5) is 11.5. The number of fused-ring (bicyclic) bond motifs is 1. The predicted molar refractivity (Wildman–Crippen MR) is 66.6 cm³/mol. The highest BCUT2D eigenvalue weighted by Crippen LogP contribution is 2.38. The highest BCUT2D eigenvalue weighted by molar-refractivity contribution is 5.76. The molecule has 0 radical (unpaired) electrons. The van der Waals surface area contributed by atoms with Crippen LogP contribution in [-0.2, 0) is 17.6 Å². The van der Waals surface area contributed by atoms with Gasteiger partial charge in [0.05, 0.1) is 5.41 Å². The molecular formula is C15H16O2. The Hall–Kier alpha value is -1.75. The van der Waals surface area contributed by atoms with E-state index in [1.165, 1.54) is 11.1 Å². The van der Waals surface area contributed by atoms with Crippen LogP contribution in [0, 0.1) is 17.3 Å². The van der Waals surface area contributed by atoms with E-state index in [9.17, 15) is 9.90 Å². The van der Waals surface area contributed by atoms with Gasteiger partial charge in [-0.15, -0.1) is 11.8 Å². The van der Waals surface area contributed by atoms with E-state index in [4.69, 9.17) is 0 Å². The molecule has 0 bridgehead atoms. The molecule has 0 aromatic heterocycles. The first-order valence-corrected chi connectivity index (χ1v) is 5.88. The molecule has 2 rings (SSSR count). The van der Waals surface area contributed by atoms with E-state index in [-0.39, 0.29) is 0 Å². The zero-order valence-electron chi connectivity index (χ0n) is 9.99. The third kappa shape index (κ3) is 2.19. The number of hydrogen-bond donors (Lipinski definition) is 1. The van der Waals surface area contributed by atoms with Crippen LogP contribution in [0.4, 0.5) is 0 Å². The Morgan fingerprint density at radius 1 is 1.41 bits per heavy atom. The van der Waals surface area contributed by atoms with Crippen molar-refractivity contribution in [3.8, 4) is 11.8 Å². The van der Waals surface area contributed by atoms with Crippen molar-refractivity contribution in [3.63, 3.8) is 0 Å². The molecule has 0 spiro atoms. The van der Waals surface area contributed by atoms with Crippen LogP contribution in [0.15, 0.2) is 24.3 Å². The van der Waals surface area contributed by atoms with Crippen molar-refractivity contribution >= 4 is 5.97 Å². The quantitative estimate of drug-likeness (QED) is 0.790. The SMILES string of the molecule is CC#CCC1(C(=O)O)CCc2ccccc2C1. The third-order valence-corrected chi connectivity index (χ3v) is 3.58. The van der Waals surface area contributed by atoms with Crippen LogP contribution >= 0.6 is 0 Å². The Balaban J connectivity index is 2.32. The van der Waals surface area contributed by atoms with Gasteiger partial charge in [-0.2, -0.15) is 0 Å². The second kappa shape index (κ2) is 4.63. The lowest BCUT2D eigenvalue weighted by atomic mass is 9.70. The van der Waals surface area contributed by atoms with E-state index in [1.54, 1.807) is 6.92 Å². The summed E-state index contributed by atoms with van der Waals surface area (Å²) in [5, 5.41) is 9.47. The molecule has 1 N–H and O–H groups in total. The van der Waals surface area contributed by atoms with E-state index < -0.39 is 11.4 Å². The van der Waals surface area contributed by atoms with Gasteiger partial charge in [0.25, 0.3) is 0 Å². The molecule has 0 saturated heterocycles. The Morgan fingerprint density at radius 3 is 2.76 bits per heavy atom. The number of aliphatic carboxylic acids is 1. The fourth-order valence-electron chi connectivity index (χ4n) is 2.47. The lowest BCUT2D eigenvalue weighted by molar-refractivity contribution is -0.149. The first-order chi connectivity index (χ1) is 8.18. The molecule has 1 unspecified atom stereocenters. The van der Waals surface area contributed by atoms with Crippen LogP contribution in [0.5, 0.6) is 0 Å². The van der Waals surface area contributed by atoms with E-state index in [1.807, 2.05) is 18.2 Å². The molecule has 2 heteroatoms. The van der Waals surface area contributed by atoms with Gasteiger partial charge in [0.1, 0.15) is 0 Å². The van der Waals surface area contributed by atoms with E-state index >= 15 is 0 Å². The second-order valence-corrected chi connectivity index (χ2v) is 4.63. The van der Waals surface area contributed by atoms with Gasteiger partial charge in [-0.1, -0.05) is 24.3 Å². The maximum atomic E-state index is 11.5. The smallest absolute Gasteiger partial charge is 0.310 e. The molecule has 0 heterocycles. The van der Waals surface area contributed by atoms with Crippen LogP contribution in [0.2, 0.25) is 0 Å². The number of carboxylic acids is 1. The third-order valence-electron chi connectivity index (χ3n) is 3.58. The lowest BCUT2D eigenvalue weighted by Crippen LogP contribution is -2.36. The first-order valence-electron chi connectivity index (χ1n) is 5.88. The summed E-state index contributed by atoms with van der Waals surface area (Å²) >= 11 is 0. The summed E-state index contributed by atoms with van der Waals surface area (Å²) in [6, 6.07) is 8.11. The summed E-state index contributed by atoms with van der Waals surface area (Å²) in [5.74, 6) is 5.03. The van der Waals surface area contributed by atoms with Gasteiger partial charge < -0.3 is 5.11 Å². The van der Waals surface area contributed by atoms with Gasteiger partial charge in [0, 0.05) is 6.42 Å². The maximum Gasteiger partial charge on any atom is 0.310 e. The molecule has 1 aliphatic rings. The fraction of sp³-hybridized carbons (Fsp3) is 0.400. The van der Waals surface area contributed by atoms with Crippen LogP contribution in [0.1, 0.15) is 30.9 Å². The van der Waals surface area contributed by atoms with Gasteiger partial charge in [-0.05, 0) is 37.3 Å². The zero-order chi connectivity index (χ0) is 12.3. The van der Waals surface area contributed by atoms with Crippen molar-refractivity contribution in [2.45, 2.75) is 32.6 Å². The number of aryl methyl sites for hydroxylation is 1. The van der Waals surface area contributed by atoms with E-state index in [0.29, 0.717) is 19.3 Å². The zero-order valence-corrected chi connectivity index (χ0v) is 9.99. The highest BCUT2D eigenvalue weighted by Gasteiger charge is 2.40. The molecule has 1 aromatic rings. The normalized spacial score (nSPS) is 22.2. The van der Waals surface area contributed by atoms with Crippen LogP contribution in [-0.4, -0.2) is 11.1 Å². The molecule has 0 amide bonds. The molecule has 0 aliphatic heterocycles. The molecule has 0 fully saturated rings. The summed E-state index contributed by atoms with van der Waals surface area (Å²) < 4.78 is 0. The second-order valence-electron chi connectivity index (χ2n) is 4.63. The molecule has 1 aliphatic carbocycles. The van der Waals surface area contributed by atoms with Crippen LogP contribution in [0.3, 0.4) is 0 Å². The Bertz CT molecular complexity index is 493. The number of hydrogen-bond acceptors (Lipinski definition) is 1. The predicted octanol–water partition coefficient (Wildman–Crippen LogP) is 2.66. The first kappa shape index (κ1) is 11.7. The Labute approximate surface area is 102 Å². The standard InChI is InChI=1S/C15H16O2/c1-2-3-9-15(14(16)17)10-8-12-6-4-5-7-13(12)11-15/h4-7H,8-11H2,1H3,(H,16,17). The molecule has 88 valence electrons. The minimum atomic E-state index is -0.713. The van der Waals surface area contributed by atoms with Gasteiger partial charge in [0.2, 0.25) is 0 Å². The van der Waals surface area contributed by atoms with Crippen molar-refractivity contribution in [2.75, 3.05) is 0 Å². The molecule has 0 saturated carbocycles. The van der Waals surface area contributed by atoms with Crippen molar-refractivity contribution in [2.24, 2.45) is 5.41 Å². The number of carbonyl (C=O) groups is 1. The van der Waals surface area contributed by atoms with E-state index in [2.05, 4.69) is 17.9 Å². The molecule has 1 aromatic carbocycles. The number of rotatable bonds is 2.